The van der Waals surface area contributed by atoms with E-state index in [9.17, 15) is 0 Å². The highest BCUT2D eigenvalue weighted by atomic mass is 35.5. The standard InChI is InChI=1S/C14H20ClNO3/c15-13-3-1-2-4-14(13)19-12-11-18-10-7-16-5-8-17-9-6-16/h1-4H,5-12H2. The van der Waals surface area contributed by atoms with Gasteiger partial charge in [-0.1, -0.05) is 23.7 Å². The molecule has 1 aliphatic heterocycles. The van der Waals surface area contributed by atoms with E-state index in [1.807, 2.05) is 24.3 Å². The first-order valence-corrected chi connectivity index (χ1v) is 6.99. The second-order valence-corrected chi connectivity index (χ2v) is 4.75. The van der Waals surface area contributed by atoms with Crippen molar-refractivity contribution in [1.82, 2.24) is 4.90 Å². The number of halogens is 1. The molecule has 1 heterocycles. The molecule has 0 aliphatic carbocycles. The molecule has 0 amide bonds. The molecule has 1 fully saturated rings. The van der Waals surface area contributed by atoms with E-state index >= 15 is 0 Å². The summed E-state index contributed by atoms with van der Waals surface area (Å²) in [6.45, 7) is 6.44. The van der Waals surface area contributed by atoms with E-state index in [0.29, 0.717) is 24.0 Å². The Hall–Kier alpha value is -0.810. The van der Waals surface area contributed by atoms with Gasteiger partial charge in [-0.25, -0.2) is 0 Å². The van der Waals surface area contributed by atoms with Crippen LogP contribution >= 0.6 is 11.6 Å². The molecule has 1 saturated heterocycles. The first-order valence-electron chi connectivity index (χ1n) is 6.61. The number of hydrogen-bond donors (Lipinski definition) is 0. The Morgan fingerprint density at radius 3 is 2.68 bits per heavy atom. The summed E-state index contributed by atoms with van der Waals surface area (Å²) in [5.41, 5.74) is 0. The summed E-state index contributed by atoms with van der Waals surface area (Å²) in [5, 5.41) is 0.635. The third kappa shape index (κ3) is 5.37. The summed E-state index contributed by atoms with van der Waals surface area (Å²) in [6, 6.07) is 7.46. The minimum absolute atomic E-state index is 0.521. The molecular formula is C14H20ClNO3. The predicted octanol–water partition coefficient (Wildman–Crippen LogP) is 2.07. The van der Waals surface area contributed by atoms with Crippen LogP contribution in [-0.2, 0) is 9.47 Å². The lowest BCUT2D eigenvalue weighted by atomic mass is 10.3. The van der Waals surface area contributed by atoms with Gasteiger partial charge >= 0.3 is 0 Å². The average molecular weight is 286 g/mol. The minimum Gasteiger partial charge on any atom is -0.490 e. The van der Waals surface area contributed by atoms with Crippen LogP contribution in [0.3, 0.4) is 0 Å². The van der Waals surface area contributed by atoms with Crippen molar-refractivity contribution >= 4 is 11.6 Å². The Labute approximate surface area is 119 Å². The Balaban J connectivity index is 1.51. The van der Waals surface area contributed by atoms with E-state index in [-0.39, 0.29) is 0 Å². The molecule has 2 rings (SSSR count). The van der Waals surface area contributed by atoms with E-state index in [2.05, 4.69) is 4.90 Å². The van der Waals surface area contributed by atoms with Gasteiger partial charge in [-0.2, -0.15) is 0 Å². The number of rotatable bonds is 7. The molecule has 0 N–H and O–H groups in total. The Bertz CT molecular complexity index is 369. The first kappa shape index (κ1) is 14.6. The van der Waals surface area contributed by atoms with Crippen LogP contribution in [0.25, 0.3) is 0 Å². The highest BCUT2D eigenvalue weighted by Crippen LogP contribution is 2.22. The lowest BCUT2D eigenvalue weighted by Crippen LogP contribution is -2.38. The third-order valence-electron chi connectivity index (χ3n) is 2.98. The molecule has 1 aromatic rings. The van der Waals surface area contributed by atoms with Gasteiger partial charge in [0.1, 0.15) is 12.4 Å². The van der Waals surface area contributed by atoms with Crippen molar-refractivity contribution < 1.29 is 14.2 Å². The van der Waals surface area contributed by atoms with Gasteiger partial charge in [0.05, 0.1) is 31.5 Å². The van der Waals surface area contributed by atoms with Crippen molar-refractivity contribution in [2.45, 2.75) is 0 Å². The summed E-state index contributed by atoms with van der Waals surface area (Å²) in [7, 11) is 0. The van der Waals surface area contributed by atoms with Gasteiger partial charge in [0.25, 0.3) is 0 Å². The van der Waals surface area contributed by atoms with E-state index in [1.165, 1.54) is 0 Å². The summed E-state index contributed by atoms with van der Waals surface area (Å²) in [5.74, 6) is 0.709. The van der Waals surface area contributed by atoms with E-state index in [4.69, 9.17) is 25.8 Å². The zero-order valence-electron chi connectivity index (χ0n) is 11.0. The minimum atomic E-state index is 0.521. The topological polar surface area (TPSA) is 30.9 Å². The molecule has 106 valence electrons. The summed E-state index contributed by atoms with van der Waals surface area (Å²) < 4.78 is 16.4. The molecular weight excluding hydrogens is 266 g/mol. The van der Waals surface area contributed by atoms with Gasteiger partial charge in [0.15, 0.2) is 0 Å². The fourth-order valence-corrected chi connectivity index (χ4v) is 2.08. The van der Waals surface area contributed by atoms with Crippen molar-refractivity contribution in [3.63, 3.8) is 0 Å². The van der Waals surface area contributed by atoms with Crippen LogP contribution < -0.4 is 4.74 Å². The van der Waals surface area contributed by atoms with Crippen molar-refractivity contribution in [2.24, 2.45) is 0 Å². The quantitative estimate of drug-likeness (QED) is 0.718. The van der Waals surface area contributed by atoms with Gasteiger partial charge in [0, 0.05) is 19.6 Å². The second-order valence-electron chi connectivity index (χ2n) is 4.35. The summed E-state index contributed by atoms with van der Waals surface area (Å²) >= 11 is 5.98. The number of morpholine rings is 1. The maximum absolute atomic E-state index is 5.98. The predicted molar refractivity (Wildman–Crippen MR) is 75.0 cm³/mol. The Morgan fingerprint density at radius 1 is 1.11 bits per heavy atom. The molecule has 19 heavy (non-hydrogen) atoms. The average Bonchev–Trinajstić information content (AvgIpc) is 2.45. The normalized spacial score (nSPS) is 16.5. The van der Waals surface area contributed by atoms with Gasteiger partial charge < -0.3 is 14.2 Å². The van der Waals surface area contributed by atoms with E-state index in [0.717, 1.165) is 39.5 Å². The maximum atomic E-state index is 5.98. The number of hydrogen-bond acceptors (Lipinski definition) is 4. The van der Waals surface area contributed by atoms with Crippen LogP contribution in [-0.4, -0.2) is 57.6 Å². The van der Waals surface area contributed by atoms with Gasteiger partial charge in [-0.05, 0) is 12.1 Å². The van der Waals surface area contributed by atoms with Crippen molar-refractivity contribution in [3.05, 3.63) is 29.3 Å². The fourth-order valence-electron chi connectivity index (χ4n) is 1.89. The smallest absolute Gasteiger partial charge is 0.138 e. The lowest BCUT2D eigenvalue weighted by Gasteiger charge is -2.26. The highest BCUT2D eigenvalue weighted by Gasteiger charge is 2.09. The molecule has 0 aromatic heterocycles. The van der Waals surface area contributed by atoms with Crippen LogP contribution in [0.1, 0.15) is 0 Å². The monoisotopic (exact) mass is 285 g/mol. The van der Waals surface area contributed by atoms with Crippen LogP contribution in [0.5, 0.6) is 5.75 Å². The molecule has 0 unspecified atom stereocenters. The first-order chi connectivity index (χ1) is 9.36. The number of nitrogens with zero attached hydrogens (tertiary/aromatic N) is 1. The van der Waals surface area contributed by atoms with Gasteiger partial charge in [-0.3, -0.25) is 4.90 Å². The largest absolute Gasteiger partial charge is 0.490 e. The van der Waals surface area contributed by atoms with Gasteiger partial charge in [0.2, 0.25) is 0 Å². The molecule has 5 heteroatoms. The van der Waals surface area contributed by atoms with Crippen LogP contribution in [0.2, 0.25) is 5.02 Å². The zero-order valence-corrected chi connectivity index (χ0v) is 11.8. The third-order valence-corrected chi connectivity index (χ3v) is 3.29. The fraction of sp³-hybridized carbons (Fsp3) is 0.571. The molecule has 0 atom stereocenters. The van der Waals surface area contributed by atoms with Crippen LogP contribution in [0.15, 0.2) is 24.3 Å². The lowest BCUT2D eigenvalue weighted by molar-refractivity contribution is 0.0170. The maximum Gasteiger partial charge on any atom is 0.138 e. The molecule has 0 radical (unpaired) electrons. The SMILES string of the molecule is Clc1ccccc1OCCOCCN1CCOCC1. The molecule has 4 nitrogen and oxygen atoms in total. The van der Waals surface area contributed by atoms with Crippen LogP contribution in [0, 0.1) is 0 Å². The molecule has 0 bridgehead atoms. The number of benzene rings is 1. The Kier molecular flexibility index (Phi) is 6.44. The van der Waals surface area contributed by atoms with Crippen molar-refractivity contribution in [1.29, 1.82) is 0 Å². The molecule has 1 aromatic carbocycles. The Morgan fingerprint density at radius 2 is 1.89 bits per heavy atom. The molecule has 0 saturated carbocycles. The zero-order chi connectivity index (χ0) is 13.3. The number of ether oxygens (including phenoxy) is 3. The van der Waals surface area contributed by atoms with Gasteiger partial charge in [-0.15, -0.1) is 0 Å². The van der Waals surface area contributed by atoms with Crippen molar-refractivity contribution in [3.8, 4) is 5.75 Å². The molecule has 0 spiro atoms. The number of para-hydroxylation sites is 1. The van der Waals surface area contributed by atoms with E-state index in [1.54, 1.807) is 0 Å². The second kappa shape index (κ2) is 8.38. The summed E-state index contributed by atoms with van der Waals surface area (Å²) in [6.07, 6.45) is 0. The van der Waals surface area contributed by atoms with E-state index < -0.39 is 0 Å². The van der Waals surface area contributed by atoms with Crippen molar-refractivity contribution in [2.75, 3.05) is 52.7 Å². The summed E-state index contributed by atoms with van der Waals surface area (Å²) in [4.78, 5) is 2.35. The van der Waals surface area contributed by atoms with Crippen LogP contribution in [0.4, 0.5) is 0 Å². The molecule has 1 aliphatic rings. The highest BCUT2D eigenvalue weighted by molar-refractivity contribution is 6.32.